The number of para-hydroxylation sites is 1. The molecule has 3 rings (SSSR count). The lowest BCUT2D eigenvalue weighted by molar-refractivity contribution is 0.0602. The van der Waals surface area contributed by atoms with Crippen LogP contribution in [0.1, 0.15) is 41.3 Å². The Morgan fingerprint density at radius 2 is 2.05 bits per heavy atom. The van der Waals surface area contributed by atoms with Crippen molar-refractivity contribution < 1.29 is 13.9 Å². The minimum Gasteiger partial charge on any atom is -0.465 e. The molecule has 1 saturated carbocycles. The first-order chi connectivity index (χ1) is 10.7. The van der Waals surface area contributed by atoms with Gasteiger partial charge in [-0.25, -0.2) is 9.59 Å². The molecule has 1 aromatic carbocycles. The fourth-order valence-electron chi connectivity index (χ4n) is 2.50. The quantitative estimate of drug-likeness (QED) is 0.876. The molecule has 1 aliphatic carbocycles. The maximum atomic E-state index is 11.8. The zero-order chi connectivity index (χ0) is 15.5. The number of nitrogens with one attached hydrogen (secondary N) is 1. The second kappa shape index (κ2) is 6.05. The molecule has 1 fully saturated rings. The van der Waals surface area contributed by atoms with E-state index in [0.29, 0.717) is 28.6 Å². The zero-order valence-corrected chi connectivity index (χ0v) is 12.3. The SMILES string of the molecule is COC(=O)c1ccccc1Nc1cc(C2CCC2)oc(=O)c1. The summed E-state index contributed by atoms with van der Waals surface area (Å²) in [5.41, 5.74) is 1.25. The van der Waals surface area contributed by atoms with Gasteiger partial charge in [0.1, 0.15) is 5.76 Å². The van der Waals surface area contributed by atoms with Crippen LogP contribution in [-0.2, 0) is 4.74 Å². The molecular formula is C17H17NO4. The van der Waals surface area contributed by atoms with Gasteiger partial charge in [-0.3, -0.25) is 0 Å². The lowest BCUT2D eigenvalue weighted by Gasteiger charge is -2.24. The molecule has 0 bridgehead atoms. The van der Waals surface area contributed by atoms with Crippen molar-refractivity contribution in [3.63, 3.8) is 0 Å². The van der Waals surface area contributed by atoms with Crippen LogP contribution in [0.5, 0.6) is 0 Å². The number of anilines is 2. The van der Waals surface area contributed by atoms with Gasteiger partial charge in [-0.1, -0.05) is 18.6 Å². The maximum absolute atomic E-state index is 11.8. The van der Waals surface area contributed by atoms with E-state index in [0.717, 1.165) is 19.3 Å². The molecule has 1 heterocycles. The van der Waals surface area contributed by atoms with Gasteiger partial charge in [-0.05, 0) is 25.0 Å². The van der Waals surface area contributed by atoms with Crippen LogP contribution >= 0.6 is 0 Å². The zero-order valence-electron chi connectivity index (χ0n) is 12.3. The van der Waals surface area contributed by atoms with E-state index in [-0.39, 0.29) is 5.63 Å². The Bertz CT molecular complexity index is 746. The van der Waals surface area contributed by atoms with Gasteiger partial charge in [0.15, 0.2) is 0 Å². The average molecular weight is 299 g/mol. The summed E-state index contributed by atoms with van der Waals surface area (Å²) in [6, 6.07) is 10.2. The molecule has 0 spiro atoms. The molecule has 22 heavy (non-hydrogen) atoms. The number of benzene rings is 1. The molecule has 0 aliphatic heterocycles. The number of ether oxygens (including phenoxy) is 1. The highest BCUT2D eigenvalue weighted by molar-refractivity contribution is 5.96. The van der Waals surface area contributed by atoms with Crippen LogP contribution in [0.4, 0.5) is 11.4 Å². The molecule has 0 saturated heterocycles. The Morgan fingerprint density at radius 1 is 1.27 bits per heavy atom. The van der Waals surface area contributed by atoms with Crippen molar-refractivity contribution in [2.75, 3.05) is 12.4 Å². The van der Waals surface area contributed by atoms with Gasteiger partial charge in [-0.15, -0.1) is 0 Å². The van der Waals surface area contributed by atoms with Crippen LogP contribution in [-0.4, -0.2) is 13.1 Å². The van der Waals surface area contributed by atoms with Crippen molar-refractivity contribution in [1.82, 2.24) is 0 Å². The Labute approximate surface area is 127 Å². The predicted octanol–water partition coefficient (Wildman–Crippen LogP) is 3.44. The van der Waals surface area contributed by atoms with E-state index >= 15 is 0 Å². The van der Waals surface area contributed by atoms with E-state index in [2.05, 4.69) is 5.32 Å². The highest BCUT2D eigenvalue weighted by Gasteiger charge is 2.23. The molecule has 5 heteroatoms. The molecule has 1 N–H and O–H groups in total. The smallest absolute Gasteiger partial charge is 0.339 e. The fourth-order valence-corrected chi connectivity index (χ4v) is 2.50. The van der Waals surface area contributed by atoms with Crippen molar-refractivity contribution in [1.29, 1.82) is 0 Å². The van der Waals surface area contributed by atoms with E-state index < -0.39 is 5.97 Å². The molecule has 1 aliphatic rings. The third kappa shape index (κ3) is 2.88. The minimum atomic E-state index is -0.426. The van der Waals surface area contributed by atoms with Gasteiger partial charge >= 0.3 is 11.6 Å². The fraction of sp³-hybridized carbons (Fsp3) is 0.294. The van der Waals surface area contributed by atoms with Crippen LogP contribution in [0.3, 0.4) is 0 Å². The molecule has 1 aromatic heterocycles. The third-order valence-corrected chi connectivity index (χ3v) is 3.91. The lowest BCUT2D eigenvalue weighted by atomic mass is 9.83. The van der Waals surface area contributed by atoms with Gasteiger partial charge in [-0.2, -0.15) is 0 Å². The standard InChI is InChI=1S/C17H17NO4/c1-21-17(20)13-7-2-3-8-14(13)18-12-9-15(11-5-4-6-11)22-16(19)10-12/h2-3,7-11,18H,4-6H2,1H3. The minimum absolute atomic E-state index is 0.324. The van der Waals surface area contributed by atoms with Crippen molar-refractivity contribution >= 4 is 17.3 Å². The second-order valence-corrected chi connectivity index (χ2v) is 5.36. The first-order valence-corrected chi connectivity index (χ1v) is 7.27. The van der Waals surface area contributed by atoms with Gasteiger partial charge in [0.05, 0.1) is 18.4 Å². The van der Waals surface area contributed by atoms with E-state index in [1.54, 1.807) is 18.2 Å². The second-order valence-electron chi connectivity index (χ2n) is 5.36. The molecule has 114 valence electrons. The van der Waals surface area contributed by atoms with Crippen LogP contribution in [0.15, 0.2) is 45.6 Å². The van der Waals surface area contributed by atoms with E-state index in [1.807, 2.05) is 12.1 Å². The molecule has 5 nitrogen and oxygen atoms in total. The van der Waals surface area contributed by atoms with Gasteiger partial charge in [0.25, 0.3) is 0 Å². The topological polar surface area (TPSA) is 68.5 Å². The van der Waals surface area contributed by atoms with Crippen molar-refractivity contribution in [2.24, 2.45) is 0 Å². The van der Waals surface area contributed by atoms with Gasteiger partial charge in [0.2, 0.25) is 0 Å². The van der Waals surface area contributed by atoms with Crippen molar-refractivity contribution in [3.8, 4) is 0 Å². The maximum Gasteiger partial charge on any atom is 0.339 e. The number of hydrogen-bond acceptors (Lipinski definition) is 5. The molecule has 2 aromatic rings. The van der Waals surface area contributed by atoms with E-state index in [9.17, 15) is 9.59 Å². The summed E-state index contributed by atoms with van der Waals surface area (Å²) in [7, 11) is 1.34. The summed E-state index contributed by atoms with van der Waals surface area (Å²) in [6.45, 7) is 0. The van der Waals surface area contributed by atoms with Gasteiger partial charge in [0, 0.05) is 23.7 Å². The highest BCUT2D eigenvalue weighted by Crippen LogP contribution is 2.36. The largest absolute Gasteiger partial charge is 0.465 e. The number of esters is 1. The molecule has 0 atom stereocenters. The first kappa shape index (κ1) is 14.4. The van der Waals surface area contributed by atoms with E-state index in [4.69, 9.17) is 9.15 Å². The molecular weight excluding hydrogens is 282 g/mol. The summed E-state index contributed by atoms with van der Waals surface area (Å²) < 4.78 is 10.0. The Balaban J connectivity index is 1.92. The molecule has 0 amide bonds. The lowest BCUT2D eigenvalue weighted by Crippen LogP contribution is -2.13. The summed E-state index contributed by atoms with van der Waals surface area (Å²) in [4.78, 5) is 23.5. The van der Waals surface area contributed by atoms with Gasteiger partial charge < -0.3 is 14.5 Å². The summed E-state index contributed by atoms with van der Waals surface area (Å²) >= 11 is 0. The molecule has 0 unspecified atom stereocenters. The summed E-state index contributed by atoms with van der Waals surface area (Å²) in [5, 5.41) is 3.11. The van der Waals surface area contributed by atoms with Crippen LogP contribution in [0.2, 0.25) is 0 Å². The number of rotatable bonds is 4. The van der Waals surface area contributed by atoms with Crippen molar-refractivity contribution in [2.45, 2.75) is 25.2 Å². The van der Waals surface area contributed by atoms with Crippen LogP contribution in [0.25, 0.3) is 0 Å². The number of hydrogen-bond donors (Lipinski definition) is 1. The number of carbonyl (C=O) groups excluding carboxylic acids is 1. The Hall–Kier alpha value is -2.56. The number of carbonyl (C=O) groups is 1. The van der Waals surface area contributed by atoms with Crippen LogP contribution < -0.4 is 10.9 Å². The normalized spacial score (nSPS) is 14.2. The predicted molar refractivity (Wildman–Crippen MR) is 82.6 cm³/mol. The molecule has 0 radical (unpaired) electrons. The van der Waals surface area contributed by atoms with Crippen molar-refractivity contribution in [3.05, 3.63) is 58.1 Å². The van der Waals surface area contributed by atoms with E-state index in [1.165, 1.54) is 13.2 Å². The highest BCUT2D eigenvalue weighted by atomic mass is 16.5. The Kier molecular flexibility index (Phi) is 3.96. The first-order valence-electron chi connectivity index (χ1n) is 7.27. The monoisotopic (exact) mass is 299 g/mol. The van der Waals surface area contributed by atoms with Crippen LogP contribution in [0, 0.1) is 0 Å². The average Bonchev–Trinajstić information content (AvgIpc) is 2.44. The third-order valence-electron chi connectivity index (χ3n) is 3.91. The summed E-state index contributed by atoms with van der Waals surface area (Å²) in [6.07, 6.45) is 3.26. The Morgan fingerprint density at radius 3 is 2.73 bits per heavy atom. The summed E-state index contributed by atoms with van der Waals surface area (Å²) in [5.74, 6) is 0.604. The number of methoxy groups -OCH3 is 1.